The van der Waals surface area contributed by atoms with Gasteiger partial charge in [-0.2, -0.15) is 0 Å². The first kappa shape index (κ1) is 9.31. The van der Waals surface area contributed by atoms with Crippen LogP contribution in [0.15, 0.2) is 0 Å². The molecular formula is C10H22Si. The highest BCUT2D eigenvalue weighted by atomic mass is 28.1. The number of rotatable bonds is 0. The molecule has 11 heavy (non-hydrogen) atoms. The summed E-state index contributed by atoms with van der Waals surface area (Å²) in [6.45, 7) is 0. The summed E-state index contributed by atoms with van der Waals surface area (Å²) in [7, 11) is 0. The maximum Gasteiger partial charge on any atom is -0.0149 e. The van der Waals surface area contributed by atoms with Gasteiger partial charge in [-0.25, -0.2) is 0 Å². The molecule has 0 aromatic carbocycles. The van der Waals surface area contributed by atoms with Gasteiger partial charge in [0.25, 0.3) is 0 Å². The third-order valence-corrected chi connectivity index (χ3v) is 3.47. The molecule has 0 amide bonds. The van der Waals surface area contributed by atoms with Crippen LogP contribution in [-0.2, 0) is 0 Å². The van der Waals surface area contributed by atoms with E-state index in [2.05, 4.69) is 0 Å². The molecule has 0 bridgehead atoms. The summed E-state index contributed by atoms with van der Waals surface area (Å²) in [6, 6.07) is 0. The number of hydrogen-bond donors (Lipinski definition) is 0. The van der Waals surface area contributed by atoms with Crippen LogP contribution in [0.2, 0.25) is 0 Å². The SMILES string of the molecule is C1CCC2CCCCC2C1.[SiH4]. The van der Waals surface area contributed by atoms with Gasteiger partial charge in [0.1, 0.15) is 0 Å². The topological polar surface area (TPSA) is 0 Å². The molecular weight excluding hydrogens is 148 g/mol. The normalized spacial score (nSPS) is 37.1. The Morgan fingerprint density at radius 3 is 1.09 bits per heavy atom. The lowest BCUT2D eigenvalue weighted by Crippen LogP contribution is -2.22. The van der Waals surface area contributed by atoms with Gasteiger partial charge in [-0.05, 0) is 22.8 Å². The predicted molar refractivity (Wildman–Crippen MR) is 55.3 cm³/mol. The fourth-order valence-electron chi connectivity index (χ4n) is 2.86. The second-order valence-corrected chi connectivity index (χ2v) is 4.09. The molecule has 2 rings (SSSR count). The molecule has 66 valence electrons. The van der Waals surface area contributed by atoms with Gasteiger partial charge in [-0.3, -0.25) is 0 Å². The first-order chi connectivity index (χ1) is 4.97. The Hall–Kier alpha value is 0.217. The zero-order valence-electron chi connectivity index (χ0n) is 6.81. The summed E-state index contributed by atoms with van der Waals surface area (Å²) in [5, 5.41) is 0. The standard InChI is InChI=1S/C10H18.H4Si/c1-2-6-10-8-4-3-7-9(10)5-1;/h9-10H,1-8H2;1H4. The van der Waals surface area contributed by atoms with Gasteiger partial charge in [-0.1, -0.05) is 51.4 Å². The second-order valence-electron chi connectivity index (χ2n) is 4.09. The molecule has 0 saturated heterocycles. The summed E-state index contributed by atoms with van der Waals surface area (Å²) >= 11 is 0. The van der Waals surface area contributed by atoms with E-state index in [-0.39, 0.29) is 11.0 Å². The number of fused-ring (bicyclic) bond motifs is 1. The van der Waals surface area contributed by atoms with Crippen LogP contribution >= 0.6 is 0 Å². The largest absolute Gasteiger partial charge is 0.0530 e. The Balaban J connectivity index is 0.000000605. The minimum atomic E-state index is 0. The zero-order chi connectivity index (χ0) is 6.81. The molecule has 1 heteroatoms. The van der Waals surface area contributed by atoms with E-state index in [1.165, 1.54) is 25.7 Å². The molecule has 0 atom stereocenters. The third-order valence-electron chi connectivity index (χ3n) is 3.47. The lowest BCUT2D eigenvalue weighted by molar-refractivity contribution is 0.171. The maximum absolute atomic E-state index is 1.56. The molecule has 0 N–H and O–H groups in total. The van der Waals surface area contributed by atoms with Crippen molar-refractivity contribution in [3.05, 3.63) is 0 Å². The third kappa shape index (κ3) is 2.08. The Morgan fingerprint density at radius 2 is 0.818 bits per heavy atom. The average Bonchev–Trinajstić information content (AvgIpc) is 2.05. The summed E-state index contributed by atoms with van der Waals surface area (Å²) in [5.74, 6) is 2.31. The molecule has 2 fully saturated rings. The van der Waals surface area contributed by atoms with Crippen LogP contribution in [0.1, 0.15) is 51.4 Å². The van der Waals surface area contributed by atoms with E-state index in [9.17, 15) is 0 Å². The van der Waals surface area contributed by atoms with E-state index in [0.717, 1.165) is 11.8 Å². The van der Waals surface area contributed by atoms with Gasteiger partial charge in [0, 0.05) is 0 Å². The molecule has 0 heterocycles. The molecule has 0 nitrogen and oxygen atoms in total. The van der Waals surface area contributed by atoms with Crippen LogP contribution in [0, 0.1) is 11.8 Å². The highest BCUT2D eigenvalue weighted by Crippen LogP contribution is 2.39. The second kappa shape index (κ2) is 4.29. The monoisotopic (exact) mass is 170 g/mol. The van der Waals surface area contributed by atoms with Crippen molar-refractivity contribution in [3.8, 4) is 0 Å². The summed E-state index contributed by atoms with van der Waals surface area (Å²) in [5.41, 5.74) is 0. The maximum atomic E-state index is 1.56. The van der Waals surface area contributed by atoms with Gasteiger partial charge in [0.05, 0.1) is 0 Å². The lowest BCUT2D eigenvalue weighted by atomic mass is 9.71. The molecule has 0 unspecified atom stereocenters. The van der Waals surface area contributed by atoms with Crippen LogP contribution in [-0.4, -0.2) is 11.0 Å². The molecule has 2 saturated carbocycles. The van der Waals surface area contributed by atoms with Crippen molar-refractivity contribution < 1.29 is 0 Å². The quantitative estimate of drug-likeness (QED) is 0.487. The van der Waals surface area contributed by atoms with E-state index in [1.54, 1.807) is 25.7 Å². The van der Waals surface area contributed by atoms with Crippen molar-refractivity contribution in [1.29, 1.82) is 0 Å². The molecule has 2 aliphatic rings. The Kier molecular flexibility index (Phi) is 3.63. The summed E-state index contributed by atoms with van der Waals surface area (Å²) < 4.78 is 0. The van der Waals surface area contributed by atoms with Crippen molar-refractivity contribution in [1.82, 2.24) is 0 Å². The van der Waals surface area contributed by atoms with E-state index in [4.69, 9.17) is 0 Å². The molecule has 0 aromatic heterocycles. The van der Waals surface area contributed by atoms with E-state index in [1.807, 2.05) is 0 Å². The number of hydrogen-bond acceptors (Lipinski definition) is 0. The van der Waals surface area contributed by atoms with Crippen LogP contribution in [0.3, 0.4) is 0 Å². The van der Waals surface area contributed by atoms with Crippen molar-refractivity contribution in [2.45, 2.75) is 51.4 Å². The van der Waals surface area contributed by atoms with Crippen LogP contribution in [0.4, 0.5) is 0 Å². The first-order valence-electron chi connectivity index (χ1n) is 4.97. The van der Waals surface area contributed by atoms with Gasteiger partial charge in [0.15, 0.2) is 0 Å². The molecule has 0 radical (unpaired) electrons. The Morgan fingerprint density at radius 1 is 0.545 bits per heavy atom. The van der Waals surface area contributed by atoms with E-state index in [0.29, 0.717) is 0 Å². The zero-order valence-corrected chi connectivity index (χ0v) is 6.81. The lowest BCUT2D eigenvalue weighted by Gasteiger charge is -2.35. The average molecular weight is 170 g/mol. The molecule has 2 aliphatic carbocycles. The van der Waals surface area contributed by atoms with Crippen molar-refractivity contribution in [2.24, 2.45) is 11.8 Å². The van der Waals surface area contributed by atoms with E-state index < -0.39 is 0 Å². The van der Waals surface area contributed by atoms with Crippen LogP contribution in [0.25, 0.3) is 0 Å². The fraction of sp³-hybridized carbons (Fsp3) is 1.00. The molecule has 0 spiro atoms. The van der Waals surface area contributed by atoms with E-state index >= 15 is 0 Å². The minimum absolute atomic E-state index is 0. The van der Waals surface area contributed by atoms with Crippen LogP contribution in [0.5, 0.6) is 0 Å². The summed E-state index contributed by atoms with van der Waals surface area (Å²) in [4.78, 5) is 0. The molecule has 0 aromatic rings. The summed E-state index contributed by atoms with van der Waals surface area (Å²) in [6.07, 6.45) is 12.4. The van der Waals surface area contributed by atoms with Gasteiger partial charge in [0.2, 0.25) is 0 Å². The predicted octanol–water partition coefficient (Wildman–Crippen LogP) is 1.92. The Labute approximate surface area is 74.8 Å². The van der Waals surface area contributed by atoms with Crippen LogP contribution < -0.4 is 0 Å². The minimum Gasteiger partial charge on any atom is -0.0530 e. The highest BCUT2D eigenvalue weighted by molar-refractivity contribution is 5.75. The molecule has 0 aliphatic heterocycles. The van der Waals surface area contributed by atoms with Crippen molar-refractivity contribution >= 4 is 11.0 Å². The smallest absolute Gasteiger partial charge is 0.0149 e. The van der Waals surface area contributed by atoms with Crippen molar-refractivity contribution in [2.75, 3.05) is 0 Å². The first-order valence-corrected chi connectivity index (χ1v) is 4.97. The fourth-order valence-corrected chi connectivity index (χ4v) is 2.86. The van der Waals surface area contributed by atoms with Gasteiger partial charge in [-0.15, -0.1) is 0 Å². The van der Waals surface area contributed by atoms with Gasteiger partial charge < -0.3 is 0 Å². The highest BCUT2D eigenvalue weighted by Gasteiger charge is 2.26. The van der Waals surface area contributed by atoms with Crippen molar-refractivity contribution in [3.63, 3.8) is 0 Å². The Bertz CT molecular complexity index is 85.4. The van der Waals surface area contributed by atoms with Gasteiger partial charge >= 0.3 is 0 Å².